The van der Waals surface area contributed by atoms with Gasteiger partial charge in [-0.05, 0) is 12.8 Å². The van der Waals surface area contributed by atoms with Crippen LogP contribution in [0, 0.1) is 5.92 Å². The lowest BCUT2D eigenvalue weighted by atomic mass is 10.0. The van der Waals surface area contributed by atoms with Gasteiger partial charge in [-0.1, -0.05) is 26.7 Å². The van der Waals surface area contributed by atoms with Gasteiger partial charge in [-0.2, -0.15) is 0 Å². The second kappa shape index (κ2) is 7.47. The SMILES string of the molecule is CCC(CC)CN(CC)C(=O)N1C[C@@H](O)C[C@H]1C(=O)O. The third kappa shape index (κ3) is 3.85. The van der Waals surface area contributed by atoms with Gasteiger partial charge in [-0.25, -0.2) is 9.59 Å². The molecule has 0 spiro atoms. The molecular weight excluding hydrogens is 260 g/mol. The van der Waals surface area contributed by atoms with Gasteiger partial charge in [-0.3, -0.25) is 0 Å². The smallest absolute Gasteiger partial charge is 0.326 e. The summed E-state index contributed by atoms with van der Waals surface area (Å²) in [4.78, 5) is 26.6. The average molecular weight is 286 g/mol. The monoisotopic (exact) mass is 286 g/mol. The molecule has 0 radical (unpaired) electrons. The number of aliphatic hydroxyl groups excluding tert-OH is 1. The number of hydrogen-bond donors (Lipinski definition) is 2. The van der Waals surface area contributed by atoms with E-state index in [1.807, 2.05) is 6.92 Å². The number of aliphatic hydroxyl groups is 1. The van der Waals surface area contributed by atoms with Gasteiger partial charge >= 0.3 is 12.0 Å². The number of nitrogens with zero attached hydrogens (tertiary/aromatic N) is 2. The second-order valence-electron chi connectivity index (χ2n) is 5.40. The maximum Gasteiger partial charge on any atom is 0.326 e. The lowest BCUT2D eigenvalue weighted by molar-refractivity contribution is -0.141. The summed E-state index contributed by atoms with van der Waals surface area (Å²) in [5, 5.41) is 18.8. The van der Waals surface area contributed by atoms with E-state index in [1.165, 1.54) is 4.90 Å². The molecule has 2 N–H and O–H groups in total. The number of carbonyl (C=O) groups excluding carboxylic acids is 1. The summed E-state index contributed by atoms with van der Waals surface area (Å²) >= 11 is 0. The Labute approximate surface area is 120 Å². The number of hydrogen-bond acceptors (Lipinski definition) is 3. The molecule has 1 saturated heterocycles. The Hall–Kier alpha value is -1.30. The predicted octanol–water partition coefficient (Wildman–Crippen LogP) is 1.38. The Morgan fingerprint density at radius 2 is 1.90 bits per heavy atom. The number of aliphatic carboxylic acids is 1. The Morgan fingerprint density at radius 3 is 2.35 bits per heavy atom. The van der Waals surface area contributed by atoms with Crippen LogP contribution in [0.3, 0.4) is 0 Å². The molecule has 1 rings (SSSR count). The zero-order chi connectivity index (χ0) is 15.3. The Kier molecular flexibility index (Phi) is 6.26. The van der Waals surface area contributed by atoms with E-state index in [0.29, 0.717) is 19.0 Å². The Balaban J connectivity index is 2.76. The van der Waals surface area contributed by atoms with Gasteiger partial charge < -0.3 is 20.0 Å². The quantitative estimate of drug-likeness (QED) is 0.773. The third-order valence-electron chi connectivity index (χ3n) is 4.10. The molecule has 1 aliphatic rings. The molecule has 1 fully saturated rings. The molecule has 0 aromatic heterocycles. The predicted molar refractivity (Wildman–Crippen MR) is 75.5 cm³/mol. The molecule has 6 heteroatoms. The fourth-order valence-electron chi connectivity index (χ4n) is 2.64. The minimum Gasteiger partial charge on any atom is -0.480 e. The van der Waals surface area contributed by atoms with E-state index in [2.05, 4.69) is 13.8 Å². The van der Waals surface area contributed by atoms with Crippen molar-refractivity contribution in [3.63, 3.8) is 0 Å². The fraction of sp³-hybridized carbons (Fsp3) is 0.857. The summed E-state index contributed by atoms with van der Waals surface area (Å²) in [5.74, 6) is -0.622. The maximum absolute atomic E-state index is 12.5. The number of urea groups is 1. The molecule has 1 aliphatic heterocycles. The highest BCUT2D eigenvalue weighted by Gasteiger charge is 2.40. The highest BCUT2D eigenvalue weighted by atomic mass is 16.4. The largest absolute Gasteiger partial charge is 0.480 e. The topological polar surface area (TPSA) is 81.1 Å². The number of rotatable bonds is 6. The number of likely N-dealkylation sites (tertiary alicyclic amines) is 1. The fourth-order valence-corrected chi connectivity index (χ4v) is 2.64. The van der Waals surface area contributed by atoms with Crippen molar-refractivity contribution in [3.05, 3.63) is 0 Å². The lowest BCUT2D eigenvalue weighted by Gasteiger charge is -2.31. The number of amides is 2. The maximum atomic E-state index is 12.5. The summed E-state index contributed by atoms with van der Waals surface area (Å²) in [6.45, 7) is 7.37. The van der Waals surface area contributed by atoms with Crippen LogP contribution >= 0.6 is 0 Å². The van der Waals surface area contributed by atoms with Gasteiger partial charge in [0.15, 0.2) is 0 Å². The van der Waals surface area contributed by atoms with E-state index in [1.54, 1.807) is 4.90 Å². The van der Waals surface area contributed by atoms with Crippen molar-refractivity contribution in [1.82, 2.24) is 9.80 Å². The first-order chi connectivity index (χ1) is 9.44. The van der Waals surface area contributed by atoms with Crippen LogP contribution in [0.4, 0.5) is 4.79 Å². The van der Waals surface area contributed by atoms with Crippen molar-refractivity contribution < 1.29 is 19.8 Å². The standard InChI is InChI=1S/C14H26N2O4/c1-4-10(5-2)8-15(6-3)14(20)16-9-11(17)7-12(16)13(18)19/h10-12,17H,4-9H2,1-3H3,(H,18,19)/t11-,12-/m0/s1. The van der Waals surface area contributed by atoms with Gasteiger partial charge in [0.05, 0.1) is 6.10 Å². The molecule has 0 aromatic carbocycles. The van der Waals surface area contributed by atoms with Crippen LogP contribution in [-0.4, -0.2) is 63.8 Å². The van der Waals surface area contributed by atoms with E-state index in [-0.39, 0.29) is 19.0 Å². The highest BCUT2D eigenvalue weighted by molar-refractivity contribution is 5.83. The van der Waals surface area contributed by atoms with E-state index >= 15 is 0 Å². The molecule has 6 nitrogen and oxygen atoms in total. The van der Waals surface area contributed by atoms with Crippen molar-refractivity contribution in [2.75, 3.05) is 19.6 Å². The van der Waals surface area contributed by atoms with Gasteiger partial charge in [0.25, 0.3) is 0 Å². The van der Waals surface area contributed by atoms with Crippen LogP contribution < -0.4 is 0 Å². The molecular formula is C14H26N2O4. The summed E-state index contributed by atoms with van der Waals surface area (Å²) in [5.41, 5.74) is 0. The van der Waals surface area contributed by atoms with Crippen LogP contribution in [0.15, 0.2) is 0 Å². The van der Waals surface area contributed by atoms with Crippen molar-refractivity contribution >= 4 is 12.0 Å². The summed E-state index contributed by atoms with van der Waals surface area (Å²) in [6.07, 6.45) is 1.35. The molecule has 0 aromatic rings. The second-order valence-corrected chi connectivity index (χ2v) is 5.40. The normalized spacial score (nSPS) is 22.4. The first kappa shape index (κ1) is 16.8. The van der Waals surface area contributed by atoms with E-state index in [9.17, 15) is 14.7 Å². The van der Waals surface area contributed by atoms with Crippen molar-refractivity contribution in [3.8, 4) is 0 Å². The number of carboxylic acid groups (broad SMARTS) is 1. The van der Waals surface area contributed by atoms with Crippen molar-refractivity contribution in [2.24, 2.45) is 5.92 Å². The van der Waals surface area contributed by atoms with Crippen molar-refractivity contribution in [1.29, 1.82) is 0 Å². The first-order valence-electron chi connectivity index (χ1n) is 7.40. The van der Waals surface area contributed by atoms with E-state index in [4.69, 9.17) is 5.11 Å². The van der Waals surface area contributed by atoms with Gasteiger partial charge in [-0.15, -0.1) is 0 Å². The zero-order valence-corrected chi connectivity index (χ0v) is 12.6. The van der Waals surface area contributed by atoms with E-state index < -0.39 is 18.1 Å². The molecule has 0 bridgehead atoms. The third-order valence-corrected chi connectivity index (χ3v) is 4.10. The zero-order valence-electron chi connectivity index (χ0n) is 12.6. The average Bonchev–Trinajstić information content (AvgIpc) is 2.82. The van der Waals surface area contributed by atoms with Crippen molar-refractivity contribution in [2.45, 2.75) is 52.2 Å². The van der Waals surface area contributed by atoms with Gasteiger partial charge in [0.1, 0.15) is 6.04 Å². The summed E-state index contributed by atoms with van der Waals surface area (Å²) in [6, 6.07) is -1.18. The first-order valence-corrected chi connectivity index (χ1v) is 7.40. The minimum absolute atomic E-state index is 0.106. The minimum atomic E-state index is -1.05. The number of β-amino-alcohol motifs (C(OH)–C–C–N with tert-alkyl or cyclic N) is 1. The molecule has 0 saturated carbocycles. The Morgan fingerprint density at radius 1 is 1.30 bits per heavy atom. The van der Waals surface area contributed by atoms with Crippen LogP contribution in [0.25, 0.3) is 0 Å². The van der Waals surface area contributed by atoms with Gasteiger partial charge in [0, 0.05) is 26.1 Å². The molecule has 1 heterocycles. The number of carbonyl (C=O) groups is 2. The van der Waals surface area contributed by atoms with Crippen LogP contribution in [0.2, 0.25) is 0 Å². The summed E-state index contributed by atoms with van der Waals surface area (Å²) in [7, 11) is 0. The molecule has 0 unspecified atom stereocenters. The van der Waals surface area contributed by atoms with Crippen LogP contribution in [0.5, 0.6) is 0 Å². The van der Waals surface area contributed by atoms with E-state index in [0.717, 1.165) is 12.8 Å². The Bertz CT molecular complexity index is 344. The molecule has 2 atom stereocenters. The molecule has 20 heavy (non-hydrogen) atoms. The molecule has 116 valence electrons. The lowest BCUT2D eigenvalue weighted by Crippen LogP contribution is -2.49. The van der Waals surface area contributed by atoms with Crippen LogP contribution in [0.1, 0.15) is 40.0 Å². The van der Waals surface area contributed by atoms with Crippen LogP contribution in [-0.2, 0) is 4.79 Å². The highest BCUT2D eigenvalue weighted by Crippen LogP contribution is 2.21. The molecule has 0 aliphatic carbocycles. The van der Waals surface area contributed by atoms with Gasteiger partial charge in [0.2, 0.25) is 0 Å². The molecule has 2 amide bonds. The number of carboxylic acids is 1. The summed E-state index contributed by atoms with van der Waals surface area (Å²) < 4.78 is 0.